The van der Waals surface area contributed by atoms with Crippen molar-refractivity contribution in [3.05, 3.63) is 33.9 Å². The predicted molar refractivity (Wildman–Crippen MR) is 73.8 cm³/mol. The number of carbonyl (C=O) groups is 1. The van der Waals surface area contributed by atoms with Gasteiger partial charge in [-0.3, -0.25) is 14.9 Å². The number of ether oxygens (including phenoxy) is 1. The van der Waals surface area contributed by atoms with Gasteiger partial charge in [0.05, 0.1) is 18.1 Å². The maximum atomic E-state index is 11.9. The van der Waals surface area contributed by atoms with Crippen LogP contribution in [-0.4, -0.2) is 43.7 Å². The highest BCUT2D eigenvalue weighted by molar-refractivity contribution is 5.85. The summed E-state index contributed by atoms with van der Waals surface area (Å²) in [6.07, 6.45) is 0. The first kappa shape index (κ1) is 14.7. The summed E-state index contributed by atoms with van der Waals surface area (Å²) in [5.41, 5.74) is 0.253. The summed E-state index contributed by atoms with van der Waals surface area (Å²) in [6, 6.07) is 5.56. The minimum Gasteiger partial charge on any atom is -0.377 e. The Kier molecular flexibility index (Phi) is 4.35. The van der Waals surface area contributed by atoms with Crippen molar-refractivity contribution in [3.8, 4) is 6.07 Å². The molecule has 1 aromatic rings. The second-order valence-corrected chi connectivity index (χ2v) is 4.47. The molecule has 8 nitrogen and oxygen atoms in total. The molecule has 1 N–H and O–H groups in total. The van der Waals surface area contributed by atoms with Crippen molar-refractivity contribution in [3.63, 3.8) is 0 Å². The van der Waals surface area contributed by atoms with Gasteiger partial charge in [-0.05, 0) is 12.1 Å². The molecule has 1 heterocycles. The minimum atomic E-state index is -0.600. The van der Waals surface area contributed by atoms with Crippen molar-refractivity contribution in [1.29, 1.82) is 5.26 Å². The van der Waals surface area contributed by atoms with Crippen molar-refractivity contribution in [2.75, 3.05) is 31.7 Å². The molecular weight excluding hydrogens is 276 g/mol. The van der Waals surface area contributed by atoms with Gasteiger partial charge in [-0.1, -0.05) is 0 Å². The van der Waals surface area contributed by atoms with E-state index in [4.69, 9.17) is 10.00 Å². The summed E-state index contributed by atoms with van der Waals surface area (Å²) >= 11 is 0. The standard InChI is InChI=1S/C13H14N4O4/c1-15-13(18)12-8-21-5-4-16(12)10-3-2-9(7-14)11(6-10)17(19)20/h2-3,6,12H,4-5,8H2,1H3,(H,15,18). The van der Waals surface area contributed by atoms with Crippen LogP contribution in [0.25, 0.3) is 0 Å². The van der Waals surface area contributed by atoms with Gasteiger partial charge in [0.2, 0.25) is 5.91 Å². The fourth-order valence-corrected chi connectivity index (χ4v) is 2.24. The zero-order chi connectivity index (χ0) is 15.4. The molecule has 0 saturated carbocycles. The molecular formula is C13H14N4O4. The largest absolute Gasteiger partial charge is 0.377 e. The lowest BCUT2D eigenvalue weighted by Crippen LogP contribution is -2.53. The molecule has 1 aliphatic heterocycles. The van der Waals surface area contributed by atoms with Crippen molar-refractivity contribution in [2.45, 2.75) is 6.04 Å². The third-order valence-electron chi connectivity index (χ3n) is 3.31. The Hall–Kier alpha value is -2.66. The first-order chi connectivity index (χ1) is 10.1. The molecule has 1 saturated heterocycles. The first-order valence-corrected chi connectivity index (χ1v) is 6.33. The van der Waals surface area contributed by atoms with Crippen molar-refractivity contribution in [1.82, 2.24) is 5.32 Å². The van der Waals surface area contributed by atoms with Crippen LogP contribution >= 0.6 is 0 Å². The highest BCUT2D eigenvalue weighted by Crippen LogP contribution is 2.27. The molecule has 0 bridgehead atoms. The van der Waals surface area contributed by atoms with Gasteiger partial charge in [-0.2, -0.15) is 5.26 Å². The maximum Gasteiger partial charge on any atom is 0.289 e. The van der Waals surface area contributed by atoms with E-state index < -0.39 is 11.0 Å². The molecule has 2 rings (SSSR count). The summed E-state index contributed by atoms with van der Waals surface area (Å²) in [6.45, 7) is 1.09. The number of rotatable bonds is 3. The average Bonchev–Trinajstić information content (AvgIpc) is 2.53. The highest BCUT2D eigenvalue weighted by atomic mass is 16.6. The number of nitrogens with zero attached hydrogens (tertiary/aromatic N) is 3. The first-order valence-electron chi connectivity index (χ1n) is 6.33. The van der Waals surface area contributed by atoms with E-state index in [2.05, 4.69) is 5.32 Å². The zero-order valence-corrected chi connectivity index (χ0v) is 11.4. The van der Waals surface area contributed by atoms with Gasteiger partial charge in [0, 0.05) is 25.3 Å². The third-order valence-corrected chi connectivity index (χ3v) is 3.31. The highest BCUT2D eigenvalue weighted by Gasteiger charge is 2.30. The summed E-state index contributed by atoms with van der Waals surface area (Å²) in [5.74, 6) is -0.221. The number of hydrogen-bond acceptors (Lipinski definition) is 6. The van der Waals surface area contributed by atoms with E-state index in [1.165, 1.54) is 19.2 Å². The number of anilines is 1. The number of hydrogen-bond donors (Lipinski definition) is 1. The van der Waals surface area contributed by atoms with Crippen LogP contribution in [0.5, 0.6) is 0 Å². The maximum absolute atomic E-state index is 11.9. The minimum absolute atomic E-state index is 0.00602. The topological polar surface area (TPSA) is 108 Å². The van der Waals surface area contributed by atoms with Gasteiger partial charge >= 0.3 is 0 Å². The van der Waals surface area contributed by atoms with E-state index >= 15 is 0 Å². The summed E-state index contributed by atoms with van der Waals surface area (Å²) in [7, 11) is 1.52. The molecule has 1 aliphatic rings. The fourth-order valence-electron chi connectivity index (χ4n) is 2.24. The molecule has 1 unspecified atom stereocenters. The Morgan fingerprint density at radius 1 is 1.62 bits per heavy atom. The third kappa shape index (κ3) is 2.93. The number of nitro benzene ring substituents is 1. The SMILES string of the molecule is CNC(=O)C1COCCN1c1ccc(C#N)c([N+](=O)[O-])c1. The molecule has 0 aliphatic carbocycles. The van der Waals surface area contributed by atoms with E-state index in [0.29, 0.717) is 18.8 Å². The number of nitro groups is 1. The number of carbonyl (C=O) groups excluding carboxylic acids is 1. The number of amides is 1. The molecule has 21 heavy (non-hydrogen) atoms. The normalized spacial score (nSPS) is 17.9. The van der Waals surface area contributed by atoms with Gasteiger partial charge in [0.15, 0.2) is 0 Å². The Labute approximate surface area is 121 Å². The summed E-state index contributed by atoms with van der Waals surface area (Å²) in [4.78, 5) is 24.0. The van der Waals surface area contributed by atoms with Crippen LogP contribution in [0.3, 0.4) is 0 Å². The molecule has 1 fully saturated rings. The van der Waals surface area contributed by atoms with Crippen LogP contribution in [0, 0.1) is 21.4 Å². The Morgan fingerprint density at radius 3 is 3.00 bits per heavy atom. The summed E-state index contributed by atoms with van der Waals surface area (Å²) < 4.78 is 5.29. The van der Waals surface area contributed by atoms with Crippen molar-refractivity contribution in [2.24, 2.45) is 0 Å². The molecule has 1 amide bonds. The molecule has 1 aromatic carbocycles. The lowest BCUT2D eigenvalue weighted by Gasteiger charge is -2.35. The Morgan fingerprint density at radius 2 is 2.38 bits per heavy atom. The lowest BCUT2D eigenvalue weighted by molar-refractivity contribution is -0.385. The smallest absolute Gasteiger partial charge is 0.289 e. The molecule has 0 spiro atoms. The van der Waals surface area contributed by atoms with Gasteiger partial charge in [0.1, 0.15) is 17.7 Å². The number of morpholine rings is 1. The van der Waals surface area contributed by atoms with Crippen LogP contribution in [0.2, 0.25) is 0 Å². The van der Waals surface area contributed by atoms with E-state index in [-0.39, 0.29) is 23.8 Å². The van der Waals surface area contributed by atoms with Crippen molar-refractivity contribution < 1.29 is 14.5 Å². The quantitative estimate of drug-likeness (QED) is 0.638. The molecule has 110 valence electrons. The van der Waals surface area contributed by atoms with Crippen LogP contribution in [0.1, 0.15) is 5.56 Å². The van der Waals surface area contributed by atoms with E-state index in [1.807, 2.05) is 0 Å². The van der Waals surface area contributed by atoms with E-state index in [1.54, 1.807) is 17.0 Å². The van der Waals surface area contributed by atoms with Crippen LogP contribution in [0.15, 0.2) is 18.2 Å². The van der Waals surface area contributed by atoms with Gasteiger partial charge in [0.25, 0.3) is 5.69 Å². The van der Waals surface area contributed by atoms with Gasteiger partial charge in [-0.25, -0.2) is 0 Å². The zero-order valence-electron chi connectivity index (χ0n) is 11.4. The number of nitriles is 1. The molecule has 8 heteroatoms. The second-order valence-electron chi connectivity index (χ2n) is 4.47. The Bertz CT molecular complexity index is 611. The number of nitrogens with one attached hydrogen (secondary N) is 1. The monoisotopic (exact) mass is 290 g/mol. The average molecular weight is 290 g/mol. The van der Waals surface area contributed by atoms with E-state index in [0.717, 1.165) is 0 Å². The predicted octanol–water partition coefficient (Wildman–Crippen LogP) is 0.418. The van der Waals surface area contributed by atoms with Crippen LogP contribution in [-0.2, 0) is 9.53 Å². The lowest BCUT2D eigenvalue weighted by atomic mass is 10.1. The van der Waals surface area contributed by atoms with Gasteiger partial charge < -0.3 is 15.0 Å². The molecule has 1 atom stereocenters. The van der Waals surface area contributed by atoms with E-state index in [9.17, 15) is 14.9 Å². The van der Waals surface area contributed by atoms with Gasteiger partial charge in [-0.15, -0.1) is 0 Å². The van der Waals surface area contributed by atoms with Crippen LogP contribution in [0.4, 0.5) is 11.4 Å². The molecule has 0 aromatic heterocycles. The number of likely N-dealkylation sites (N-methyl/N-ethyl adjacent to an activating group) is 1. The summed E-state index contributed by atoms with van der Waals surface area (Å²) in [5, 5.41) is 22.5. The number of benzene rings is 1. The molecule has 0 radical (unpaired) electrons. The second kappa shape index (κ2) is 6.19. The van der Waals surface area contributed by atoms with Crippen LogP contribution < -0.4 is 10.2 Å². The van der Waals surface area contributed by atoms with Crippen molar-refractivity contribution >= 4 is 17.3 Å². The fraction of sp³-hybridized carbons (Fsp3) is 0.385. The Balaban J connectivity index is 2.39.